The highest BCUT2D eigenvalue weighted by atomic mass is 19.4. The molecule has 0 radical (unpaired) electrons. The lowest BCUT2D eigenvalue weighted by Gasteiger charge is -2.21. The lowest BCUT2D eigenvalue weighted by molar-refractivity contribution is 0.0741. The zero-order valence-electron chi connectivity index (χ0n) is 6.07. The van der Waals surface area contributed by atoms with E-state index in [1.165, 1.54) is 13.8 Å². The second-order valence-corrected chi connectivity index (χ2v) is 3.06. The van der Waals surface area contributed by atoms with E-state index in [9.17, 15) is 12.9 Å². The zero-order chi connectivity index (χ0) is 8.41. The molecule has 0 fully saturated rings. The molecule has 0 aliphatic carbocycles. The second-order valence-electron chi connectivity index (χ2n) is 3.06. The summed E-state index contributed by atoms with van der Waals surface area (Å²) in [5, 5.41) is 8.89. The molecule has 1 N–H and O–H groups in total. The monoisotopic (exact) mass is 155 g/mol. The van der Waals surface area contributed by atoms with Gasteiger partial charge in [-0.25, -0.2) is 0 Å². The summed E-state index contributed by atoms with van der Waals surface area (Å²) in [7, 11) is 0. The largest absolute Gasteiger partial charge is 0.478 e. The van der Waals surface area contributed by atoms with Gasteiger partial charge in [0.25, 0.3) is 0 Å². The average molecular weight is 155 g/mol. The average Bonchev–Trinajstić information content (AvgIpc) is 1.57. The Bertz CT molecular complexity index is 90.4. The van der Waals surface area contributed by atoms with Crippen LogP contribution in [0.2, 0.25) is 6.32 Å². The maximum absolute atomic E-state index is 11.5. The predicted octanol–water partition coefficient (Wildman–Crippen LogP) is 1.99. The number of rotatable bonds is 3. The van der Waals surface area contributed by atoms with Gasteiger partial charge in [-0.2, -0.15) is 0 Å². The van der Waals surface area contributed by atoms with Crippen LogP contribution in [0, 0.1) is 0 Å². The van der Waals surface area contributed by atoms with Gasteiger partial charge in [0.05, 0.1) is 5.60 Å². The lowest BCUT2D eigenvalue weighted by Crippen LogP contribution is -2.24. The first-order valence-electron chi connectivity index (χ1n) is 3.14. The van der Waals surface area contributed by atoms with Crippen molar-refractivity contribution in [1.29, 1.82) is 0 Å². The lowest BCUT2D eigenvalue weighted by atomic mass is 9.80. The quantitative estimate of drug-likeness (QED) is 0.617. The standard InChI is InChI=1S/C5H11BF3O/c1-5(2,10)3-4-6(7,8)9/h10H,3-4H2,1-2H3/q-1. The molecule has 0 amide bonds. The van der Waals surface area contributed by atoms with Crippen molar-refractivity contribution in [2.24, 2.45) is 0 Å². The van der Waals surface area contributed by atoms with E-state index in [1.807, 2.05) is 0 Å². The van der Waals surface area contributed by atoms with Crippen molar-refractivity contribution in [2.75, 3.05) is 0 Å². The molecule has 0 aromatic carbocycles. The van der Waals surface area contributed by atoms with Gasteiger partial charge < -0.3 is 18.1 Å². The van der Waals surface area contributed by atoms with Gasteiger partial charge in [0, 0.05) is 0 Å². The fourth-order valence-electron chi connectivity index (χ4n) is 0.517. The molecule has 0 heterocycles. The number of hydrogen-bond donors (Lipinski definition) is 1. The van der Waals surface area contributed by atoms with Gasteiger partial charge in [0.1, 0.15) is 0 Å². The molecule has 1 nitrogen and oxygen atoms in total. The summed E-state index contributed by atoms with van der Waals surface area (Å²) in [5.41, 5.74) is -1.20. The molecule has 0 aromatic heterocycles. The van der Waals surface area contributed by atoms with E-state index < -0.39 is 18.9 Å². The van der Waals surface area contributed by atoms with Crippen molar-refractivity contribution in [1.82, 2.24) is 0 Å². The van der Waals surface area contributed by atoms with Gasteiger partial charge in [-0.05, 0) is 20.3 Å². The molecule has 10 heavy (non-hydrogen) atoms. The van der Waals surface area contributed by atoms with Crippen molar-refractivity contribution >= 4 is 6.98 Å². The van der Waals surface area contributed by atoms with Crippen LogP contribution < -0.4 is 0 Å². The Labute approximate surface area is 58.3 Å². The van der Waals surface area contributed by atoms with Gasteiger partial charge in [-0.3, -0.25) is 0 Å². The van der Waals surface area contributed by atoms with Crippen LogP contribution in [-0.2, 0) is 0 Å². The van der Waals surface area contributed by atoms with Crippen LogP contribution in [0.15, 0.2) is 0 Å². The summed E-state index contributed by atoms with van der Waals surface area (Å²) in [6.45, 7) is -1.99. The molecule has 0 unspecified atom stereocenters. The van der Waals surface area contributed by atoms with Crippen LogP contribution in [0.1, 0.15) is 20.3 Å². The van der Waals surface area contributed by atoms with Crippen LogP contribution in [0.3, 0.4) is 0 Å². The maximum atomic E-state index is 11.5. The molecule has 0 rings (SSSR count). The van der Waals surface area contributed by atoms with Crippen LogP contribution in [0.4, 0.5) is 12.9 Å². The first-order valence-corrected chi connectivity index (χ1v) is 3.14. The van der Waals surface area contributed by atoms with E-state index in [1.54, 1.807) is 0 Å². The Morgan fingerprint density at radius 2 is 1.70 bits per heavy atom. The fraction of sp³-hybridized carbons (Fsp3) is 1.00. The van der Waals surface area contributed by atoms with Crippen LogP contribution in [-0.4, -0.2) is 17.7 Å². The van der Waals surface area contributed by atoms with Crippen molar-refractivity contribution in [2.45, 2.75) is 32.2 Å². The Balaban J connectivity index is 3.56. The SMILES string of the molecule is CC(C)(O)CC[B-](F)(F)F. The Morgan fingerprint density at radius 1 is 1.30 bits per heavy atom. The number of halogens is 3. The minimum absolute atomic E-state index is 0.212. The van der Waals surface area contributed by atoms with Crippen molar-refractivity contribution in [3.8, 4) is 0 Å². The summed E-state index contributed by atoms with van der Waals surface area (Å²) in [4.78, 5) is 0. The highest BCUT2D eigenvalue weighted by Gasteiger charge is 2.25. The highest BCUT2D eigenvalue weighted by molar-refractivity contribution is 6.58. The van der Waals surface area contributed by atoms with Crippen molar-refractivity contribution < 1.29 is 18.1 Å². The van der Waals surface area contributed by atoms with E-state index in [4.69, 9.17) is 5.11 Å². The summed E-state index contributed by atoms with van der Waals surface area (Å²) < 4.78 is 34.6. The molecule has 0 saturated heterocycles. The third-order valence-corrected chi connectivity index (χ3v) is 1.08. The molecule has 0 aliphatic rings. The Morgan fingerprint density at radius 3 is 1.80 bits per heavy atom. The fourth-order valence-corrected chi connectivity index (χ4v) is 0.517. The van der Waals surface area contributed by atoms with E-state index in [0.717, 1.165) is 0 Å². The maximum Gasteiger partial charge on any atom is 0.478 e. The van der Waals surface area contributed by atoms with Crippen molar-refractivity contribution in [3.05, 3.63) is 0 Å². The summed E-state index contributed by atoms with van der Waals surface area (Å²) >= 11 is 0. The third kappa shape index (κ3) is 7.81. The molecule has 0 atom stereocenters. The first-order chi connectivity index (χ1) is 4.21. The molecule has 0 aromatic rings. The summed E-state index contributed by atoms with van der Waals surface area (Å²) in [6.07, 6.45) is -1.07. The minimum Gasteiger partial charge on any atom is -0.449 e. The molecule has 0 spiro atoms. The van der Waals surface area contributed by atoms with E-state index in [0.29, 0.717) is 0 Å². The van der Waals surface area contributed by atoms with Crippen molar-refractivity contribution in [3.63, 3.8) is 0 Å². The molecule has 0 saturated carbocycles. The van der Waals surface area contributed by atoms with Crippen LogP contribution >= 0.6 is 0 Å². The number of hydrogen-bond acceptors (Lipinski definition) is 1. The normalized spacial score (nSPS) is 13.8. The van der Waals surface area contributed by atoms with Gasteiger partial charge in [-0.15, -0.1) is 0 Å². The van der Waals surface area contributed by atoms with Gasteiger partial charge in [0.15, 0.2) is 0 Å². The molecule has 0 bridgehead atoms. The van der Waals surface area contributed by atoms with Crippen LogP contribution in [0.25, 0.3) is 0 Å². The highest BCUT2D eigenvalue weighted by Crippen LogP contribution is 2.22. The Kier molecular flexibility index (Phi) is 2.77. The van der Waals surface area contributed by atoms with Gasteiger partial charge in [0.2, 0.25) is 0 Å². The second kappa shape index (κ2) is 2.82. The van der Waals surface area contributed by atoms with E-state index in [-0.39, 0.29) is 6.42 Å². The summed E-state index contributed by atoms with van der Waals surface area (Å²) in [6, 6.07) is 0. The number of aliphatic hydroxyl groups is 1. The smallest absolute Gasteiger partial charge is 0.449 e. The minimum atomic E-state index is -4.73. The zero-order valence-corrected chi connectivity index (χ0v) is 6.07. The van der Waals surface area contributed by atoms with E-state index in [2.05, 4.69) is 0 Å². The summed E-state index contributed by atoms with van der Waals surface area (Å²) in [5.74, 6) is 0. The molecule has 62 valence electrons. The molecular weight excluding hydrogens is 144 g/mol. The first kappa shape index (κ1) is 9.81. The third-order valence-electron chi connectivity index (χ3n) is 1.08. The molecule has 0 aliphatic heterocycles. The molecule has 5 heteroatoms. The van der Waals surface area contributed by atoms with Gasteiger partial charge >= 0.3 is 6.98 Å². The topological polar surface area (TPSA) is 20.2 Å². The van der Waals surface area contributed by atoms with Gasteiger partial charge in [-0.1, -0.05) is 6.32 Å². The predicted molar refractivity (Wildman–Crippen MR) is 34.8 cm³/mol. The Hall–Kier alpha value is -0.185. The molecular formula is C5H11BF3O-. The van der Waals surface area contributed by atoms with Crippen LogP contribution in [0.5, 0.6) is 0 Å². The van der Waals surface area contributed by atoms with E-state index >= 15 is 0 Å².